The summed E-state index contributed by atoms with van der Waals surface area (Å²) < 4.78 is 38.1. The van der Waals surface area contributed by atoms with Crippen LogP contribution in [0.4, 0.5) is 14.5 Å². The van der Waals surface area contributed by atoms with Crippen molar-refractivity contribution in [2.75, 3.05) is 11.9 Å². The van der Waals surface area contributed by atoms with Crippen molar-refractivity contribution >= 4 is 29.4 Å². The van der Waals surface area contributed by atoms with Crippen LogP contribution in [0.15, 0.2) is 91.0 Å². The van der Waals surface area contributed by atoms with Crippen molar-refractivity contribution < 1.29 is 42.5 Å². The summed E-state index contributed by atoms with van der Waals surface area (Å²) in [5, 5.41) is 14.8. The first kappa shape index (κ1) is 36.3. The Morgan fingerprint density at radius 2 is 1.43 bits per heavy atom. The molecule has 0 aromatic heterocycles. The van der Waals surface area contributed by atoms with Crippen LogP contribution >= 0.6 is 0 Å². The minimum atomic E-state index is -1.26. The van der Waals surface area contributed by atoms with Crippen LogP contribution in [0.2, 0.25) is 0 Å². The Morgan fingerprint density at radius 1 is 0.776 bits per heavy atom. The maximum atomic E-state index is 13.8. The molecule has 0 saturated carbocycles. The maximum absolute atomic E-state index is 13.8. The predicted molar refractivity (Wildman–Crippen MR) is 180 cm³/mol. The molecule has 0 aliphatic carbocycles. The van der Waals surface area contributed by atoms with Crippen LogP contribution < -0.4 is 20.1 Å². The number of carboxylic acid groups (broad SMARTS) is 1. The maximum Gasteiger partial charge on any atom is 0.343 e. The molecule has 256 valence electrons. The molecule has 3 N–H and O–H groups in total. The van der Waals surface area contributed by atoms with Gasteiger partial charge >= 0.3 is 11.9 Å². The molecule has 0 radical (unpaired) electrons. The molecular weight excluding hydrogens is 634 g/mol. The summed E-state index contributed by atoms with van der Waals surface area (Å²) >= 11 is 0. The quantitative estimate of drug-likeness (QED) is 0.0618. The van der Waals surface area contributed by atoms with Gasteiger partial charge in [-0.3, -0.25) is 9.59 Å². The number of unbranched alkanes of at least 4 members (excludes halogenated alkanes) is 4. The van der Waals surface area contributed by atoms with Gasteiger partial charge in [0.15, 0.2) is 0 Å². The molecule has 0 fully saturated rings. The van der Waals surface area contributed by atoms with Crippen molar-refractivity contribution in [3.8, 4) is 11.5 Å². The molecule has 0 heterocycles. The summed E-state index contributed by atoms with van der Waals surface area (Å²) in [6.45, 7) is 2.79. The molecule has 2 amide bonds. The molecule has 4 aromatic carbocycles. The van der Waals surface area contributed by atoms with Gasteiger partial charge < -0.3 is 25.2 Å². The molecule has 4 aromatic rings. The highest BCUT2D eigenvalue weighted by atomic mass is 19.1. The third-order valence-electron chi connectivity index (χ3n) is 7.58. The fourth-order valence-electron chi connectivity index (χ4n) is 4.87. The molecule has 0 bridgehead atoms. The fraction of sp³-hybridized carbons (Fsp3) is 0.263. The Hall–Kier alpha value is -5.58. The van der Waals surface area contributed by atoms with Gasteiger partial charge in [0, 0.05) is 23.7 Å². The molecule has 9 nitrogen and oxygen atoms in total. The van der Waals surface area contributed by atoms with Crippen LogP contribution in [0.1, 0.15) is 70.9 Å². The number of benzene rings is 4. The Bertz CT molecular complexity index is 1730. The van der Waals surface area contributed by atoms with Gasteiger partial charge in [0.2, 0.25) is 5.91 Å². The van der Waals surface area contributed by atoms with Crippen LogP contribution in [0.25, 0.3) is 0 Å². The van der Waals surface area contributed by atoms with Crippen LogP contribution in [0.5, 0.6) is 11.5 Å². The number of nitrogens with one attached hydrogen (secondary N) is 2. The van der Waals surface area contributed by atoms with Gasteiger partial charge in [-0.1, -0.05) is 50.8 Å². The second-order valence-electron chi connectivity index (χ2n) is 11.4. The van der Waals surface area contributed by atoms with E-state index in [1.807, 2.05) is 0 Å². The molecular formula is C38H38F2N2O7. The van der Waals surface area contributed by atoms with E-state index in [4.69, 9.17) is 9.47 Å². The number of hydrogen-bond acceptors (Lipinski definition) is 6. The zero-order valence-corrected chi connectivity index (χ0v) is 27.0. The monoisotopic (exact) mass is 672 g/mol. The molecule has 0 aliphatic heterocycles. The molecule has 0 spiro atoms. The number of halogens is 2. The van der Waals surface area contributed by atoms with E-state index >= 15 is 0 Å². The van der Waals surface area contributed by atoms with Gasteiger partial charge in [0.1, 0.15) is 29.2 Å². The first-order chi connectivity index (χ1) is 23.6. The highest BCUT2D eigenvalue weighted by molar-refractivity contribution is 5.98. The van der Waals surface area contributed by atoms with Gasteiger partial charge in [-0.2, -0.15) is 0 Å². The summed E-state index contributed by atoms with van der Waals surface area (Å²) in [6.07, 6.45) is 5.34. The summed E-state index contributed by atoms with van der Waals surface area (Å²) in [7, 11) is 0. The molecule has 49 heavy (non-hydrogen) atoms. The van der Waals surface area contributed by atoms with Crippen LogP contribution in [0, 0.1) is 11.6 Å². The van der Waals surface area contributed by atoms with Gasteiger partial charge in [-0.25, -0.2) is 18.4 Å². The number of esters is 1. The van der Waals surface area contributed by atoms with Gasteiger partial charge in [0.05, 0.1) is 18.6 Å². The second kappa shape index (κ2) is 18.1. The van der Waals surface area contributed by atoms with Crippen molar-refractivity contribution in [1.29, 1.82) is 0 Å². The van der Waals surface area contributed by atoms with Crippen molar-refractivity contribution in [1.82, 2.24) is 5.32 Å². The number of amides is 2. The zero-order chi connectivity index (χ0) is 35.2. The summed E-state index contributed by atoms with van der Waals surface area (Å²) in [5.41, 5.74) is 1.44. The number of rotatable bonds is 17. The first-order valence-corrected chi connectivity index (χ1v) is 16.0. The largest absolute Gasteiger partial charge is 0.494 e. The molecule has 1 unspecified atom stereocenters. The normalized spacial score (nSPS) is 11.3. The molecule has 4 rings (SSSR count). The van der Waals surface area contributed by atoms with E-state index in [9.17, 15) is 33.1 Å². The predicted octanol–water partition coefficient (Wildman–Crippen LogP) is 7.14. The average Bonchev–Trinajstić information content (AvgIpc) is 3.08. The van der Waals surface area contributed by atoms with Crippen molar-refractivity contribution in [3.05, 3.63) is 125 Å². The van der Waals surface area contributed by atoms with Crippen LogP contribution in [0.3, 0.4) is 0 Å². The van der Waals surface area contributed by atoms with Crippen molar-refractivity contribution in [2.24, 2.45) is 0 Å². The lowest BCUT2D eigenvalue weighted by Crippen LogP contribution is -2.42. The topological polar surface area (TPSA) is 131 Å². The van der Waals surface area contributed by atoms with E-state index in [1.54, 1.807) is 48.5 Å². The Morgan fingerprint density at radius 3 is 2.08 bits per heavy atom. The summed E-state index contributed by atoms with van der Waals surface area (Å²) in [6, 6.07) is 20.4. The lowest BCUT2D eigenvalue weighted by molar-refractivity contribution is -0.139. The van der Waals surface area contributed by atoms with E-state index in [2.05, 4.69) is 17.6 Å². The SMILES string of the molecule is CCCCCCCOc1ccc(C(=O)Oc2ccc(CC(NC(=O)c3ccc(NC(=O)Cc4ccc(F)cc4F)cc3)C(=O)O)cc2)cc1. The van der Waals surface area contributed by atoms with E-state index < -0.39 is 41.4 Å². The standard InChI is InChI=1S/C38H38F2N2O7/c1-2-3-4-5-6-21-48-31-19-12-27(13-20-31)38(47)49-32-17-7-25(8-18-32)22-34(37(45)46)42-36(44)26-10-15-30(16-11-26)41-35(43)23-28-9-14-29(39)24-33(28)40/h7-20,24,34H,2-6,21-23H2,1H3,(H,41,43)(H,42,44)(H,45,46). The van der Waals surface area contributed by atoms with E-state index in [0.29, 0.717) is 35.2 Å². The summed E-state index contributed by atoms with van der Waals surface area (Å²) in [4.78, 5) is 49.7. The van der Waals surface area contributed by atoms with Crippen molar-refractivity contribution in [3.63, 3.8) is 0 Å². The number of carbonyl (C=O) groups excluding carboxylic acids is 3. The Labute approximate surface area is 283 Å². The smallest absolute Gasteiger partial charge is 0.343 e. The molecule has 11 heteroatoms. The number of anilines is 1. The first-order valence-electron chi connectivity index (χ1n) is 16.0. The van der Waals surface area contributed by atoms with Gasteiger partial charge in [-0.05, 0) is 84.3 Å². The minimum Gasteiger partial charge on any atom is -0.494 e. The zero-order valence-electron chi connectivity index (χ0n) is 27.0. The third kappa shape index (κ3) is 11.6. The number of ether oxygens (including phenoxy) is 2. The molecule has 0 aliphatic rings. The van der Waals surface area contributed by atoms with Crippen LogP contribution in [-0.2, 0) is 22.4 Å². The average molecular weight is 673 g/mol. The Kier molecular flexibility index (Phi) is 13.4. The summed E-state index contributed by atoms with van der Waals surface area (Å²) in [5.74, 6) is -3.62. The van der Waals surface area contributed by atoms with Crippen LogP contribution in [-0.4, -0.2) is 41.5 Å². The number of hydrogen-bond donors (Lipinski definition) is 3. The highest BCUT2D eigenvalue weighted by Gasteiger charge is 2.22. The number of carbonyl (C=O) groups is 4. The second-order valence-corrected chi connectivity index (χ2v) is 11.4. The lowest BCUT2D eigenvalue weighted by atomic mass is 10.0. The van der Waals surface area contributed by atoms with Gasteiger partial charge in [-0.15, -0.1) is 0 Å². The van der Waals surface area contributed by atoms with E-state index in [1.165, 1.54) is 49.6 Å². The van der Waals surface area contributed by atoms with E-state index in [-0.39, 0.29) is 29.7 Å². The fourth-order valence-corrected chi connectivity index (χ4v) is 4.87. The number of carboxylic acids is 1. The Balaban J connectivity index is 1.25. The molecule has 0 saturated heterocycles. The van der Waals surface area contributed by atoms with Crippen molar-refractivity contribution in [2.45, 2.75) is 57.9 Å². The minimum absolute atomic E-state index is 0.0283. The lowest BCUT2D eigenvalue weighted by Gasteiger charge is -2.15. The third-order valence-corrected chi connectivity index (χ3v) is 7.58. The molecule has 1 atom stereocenters. The highest BCUT2D eigenvalue weighted by Crippen LogP contribution is 2.19. The number of aliphatic carboxylic acids is 1. The van der Waals surface area contributed by atoms with E-state index in [0.717, 1.165) is 18.9 Å². The van der Waals surface area contributed by atoms with Gasteiger partial charge in [0.25, 0.3) is 5.91 Å².